The van der Waals surface area contributed by atoms with Crippen LogP contribution in [-0.4, -0.2) is 30.4 Å². The van der Waals surface area contributed by atoms with Crippen LogP contribution in [0.15, 0.2) is 47.1 Å². The number of aryl methyl sites for hydroxylation is 1. The van der Waals surface area contributed by atoms with E-state index in [2.05, 4.69) is 10.2 Å². The van der Waals surface area contributed by atoms with Crippen molar-refractivity contribution in [3.8, 4) is 0 Å². The summed E-state index contributed by atoms with van der Waals surface area (Å²) in [6, 6.07) is 11.7. The molecule has 0 saturated carbocycles. The van der Waals surface area contributed by atoms with Gasteiger partial charge in [-0.1, -0.05) is 18.2 Å². The SMILES string of the molecule is Cc1ccccc1C(=O)NCC1CCN(Cc2ccco2)CC1. The highest BCUT2D eigenvalue weighted by atomic mass is 16.3. The average molecular weight is 312 g/mol. The van der Waals surface area contributed by atoms with E-state index in [9.17, 15) is 4.79 Å². The highest BCUT2D eigenvalue weighted by molar-refractivity contribution is 5.95. The Kier molecular flexibility index (Phi) is 5.13. The summed E-state index contributed by atoms with van der Waals surface area (Å²) >= 11 is 0. The van der Waals surface area contributed by atoms with Crippen LogP contribution in [0.2, 0.25) is 0 Å². The van der Waals surface area contributed by atoms with Crippen LogP contribution in [0.4, 0.5) is 0 Å². The lowest BCUT2D eigenvalue weighted by Gasteiger charge is -2.31. The number of carbonyl (C=O) groups excluding carboxylic acids is 1. The highest BCUT2D eigenvalue weighted by Crippen LogP contribution is 2.19. The van der Waals surface area contributed by atoms with Crippen molar-refractivity contribution in [2.45, 2.75) is 26.3 Å². The molecule has 4 heteroatoms. The molecule has 1 aliphatic rings. The summed E-state index contributed by atoms with van der Waals surface area (Å²) in [6.45, 7) is 5.75. The van der Waals surface area contributed by atoms with Gasteiger partial charge >= 0.3 is 0 Å². The van der Waals surface area contributed by atoms with Gasteiger partial charge in [0.25, 0.3) is 5.91 Å². The fraction of sp³-hybridized carbons (Fsp3) is 0.421. The minimum Gasteiger partial charge on any atom is -0.468 e. The second-order valence-electron chi connectivity index (χ2n) is 6.32. The van der Waals surface area contributed by atoms with Gasteiger partial charge in [-0.15, -0.1) is 0 Å². The predicted octanol–water partition coefficient (Wildman–Crippen LogP) is 3.23. The van der Waals surface area contributed by atoms with E-state index in [0.717, 1.165) is 55.9 Å². The molecule has 0 spiro atoms. The number of nitrogens with zero attached hydrogens (tertiary/aromatic N) is 1. The topological polar surface area (TPSA) is 45.5 Å². The third kappa shape index (κ3) is 4.23. The van der Waals surface area contributed by atoms with Crippen molar-refractivity contribution < 1.29 is 9.21 Å². The van der Waals surface area contributed by atoms with Crippen LogP contribution in [0.3, 0.4) is 0 Å². The maximum absolute atomic E-state index is 12.3. The molecule has 1 N–H and O–H groups in total. The Hall–Kier alpha value is -2.07. The van der Waals surface area contributed by atoms with Gasteiger partial charge in [0.05, 0.1) is 12.8 Å². The van der Waals surface area contributed by atoms with Crippen molar-refractivity contribution in [2.75, 3.05) is 19.6 Å². The van der Waals surface area contributed by atoms with Crippen LogP contribution in [-0.2, 0) is 6.54 Å². The first kappa shape index (κ1) is 15.8. The molecule has 1 aromatic carbocycles. The first-order chi connectivity index (χ1) is 11.2. The van der Waals surface area contributed by atoms with Crippen LogP contribution in [0, 0.1) is 12.8 Å². The minimum atomic E-state index is 0.0427. The molecular formula is C19H24N2O2. The molecule has 0 radical (unpaired) electrons. The number of amides is 1. The fourth-order valence-corrected chi connectivity index (χ4v) is 3.13. The van der Waals surface area contributed by atoms with Gasteiger partial charge in [0, 0.05) is 12.1 Å². The van der Waals surface area contributed by atoms with Crippen molar-refractivity contribution in [1.29, 1.82) is 0 Å². The molecule has 2 heterocycles. The molecule has 0 unspecified atom stereocenters. The van der Waals surface area contributed by atoms with E-state index >= 15 is 0 Å². The Balaban J connectivity index is 1.42. The van der Waals surface area contributed by atoms with E-state index < -0.39 is 0 Å². The van der Waals surface area contributed by atoms with Crippen LogP contribution < -0.4 is 5.32 Å². The third-order valence-corrected chi connectivity index (χ3v) is 4.61. The summed E-state index contributed by atoms with van der Waals surface area (Å²) in [5.41, 5.74) is 1.81. The molecule has 1 fully saturated rings. The summed E-state index contributed by atoms with van der Waals surface area (Å²) in [4.78, 5) is 14.7. The number of benzene rings is 1. The Morgan fingerprint density at radius 3 is 2.70 bits per heavy atom. The molecule has 4 nitrogen and oxygen atoms in total. The number of rotatable bonds is 5. The van der Waals surface area contributed by atoms with Gasteiger partial charge in [0.2, 0.25) is 0 Å². The Morgan fingerprint density at radius 2 is 2.00 bits per heavy atom. The van der Waals surface area contributed by atoms with Crippen LogP contribution in [0.25, 0.3) is 0 Å². The Bertz CT molecular complexity index is 629. The zero-order valence-corrected chi connectivity index (χ0v) is 13.6. The van der Waals surface area contributed by atoms with Gasteiger partial charge in [0.15, 0.2) is 0 Å². The van der Waals surface area contributed by atoms with Gasteiger partial charge in [-0.05, 0) is 62.5 Å². The summed E-state index contributed by atoms with van der Waals surface area (Å²) in [7, 11) is 0. The molecule has 0 atom stereocenters. The van der Waals surface area contributed by atoms with E-state index in [1.807, 2.05) is 43.3 Å². The quantitative estimate of drug-likeness (QED) is 0.922. The molecule has 2 aromatic rings. The summed E-state index contributed by atoms with van der Waals surface area (Å²) in [6.07, 6.45) is 3.96. The number of piperidine rings is 1. The van der Waals surface area contributed by atoms with Crippen molar-refractivity contribution in [3.05, 3.63) is 59.5 Å². The minimum absolute atomic E-state index is 0.0427. The molecule has 1 aromatic heterocycles. The molecule has 1 aliphatic heterocycles. The van der Waals surface area contributed by atoms with Crippen molar-refractivity contribution in [3.63, 3.8) is 0 Å². The van der Waals surface area contributed by atoms with Crippen molar-refractivity contribution in [2.24, 2.45) is 5.92 Å². The second kappa shape index (κ2) is 7.47. The van der Waals surface area contributed by atoms with E-state index in [4.69, 9.17) is 4.42 Å². The third-order valence-electron chi connectivity index (χ3n) is 4.61. The molecule has 122 valence electrons. The maximum Gasteiger partial charge on any atom is 0.251 e. The molecule has 0 bridgehead atoms. The van der Waals surface area contributed by atoms with Gasteiger partial charge in [-0.3, -0.25) is 9.69 Å². The number of hydrogen-bond donors (Lipinski definition) is 1. The molecule has 3 rings (SSSR count). The molecule has 1 amide bonds. The predicted molar refractivity (Wildman–Crippen MR) is 90.2 cm³/mol. The smallest absolute Gasteiger partial charge is 0.251 e. The first-order valence-corrected chi connectivity index (χ1v) is 8.31. The highest BCUT2D eigenvalue weighted by Gasteiger charge is 2.20. The summed E-state index contributed by atoms with van der Waals surface area (Å²) in [5, 5.41) is 3.09. The molecule has 1 saturated heterocycles. The van der Waals surface area contributed by atoms with Crippen LogP contribution >= 0.6 is 0 Å². The monoisotopic (exact) mass is 312 g/mol. The van der Waals surface area contributed by atoms with Gasteiger partial charge in [-0.25, -0.2) is 0 Å². The van der Waals surface area contributed by atoms with E-state index in [-0.39, 0.29) is 5.91 Å². The molecule has 0 aliphatic carbocycles. The molecular weight excluding hydrogens is 288 g/mol. The lowest BCUT2D eigenvalue weighted by Crippen LogP contribution is -2.38. The standard InChI is InChI=1S/C19H24N2O2/c1-15-5-2-3-7-18(15)19(22)20-13-16-8-10-21(11-9-16)14-17-6-4-12-23-17/h2-7,12,16H,8-11,13-14H2,1H3,(H,20,22). The van der Waals surface area contributed by atoms with Gasteiger partial charge in [-0.2, -0.15) is 0 Å². The average Bonchev–Trinajstić information content (AvgIpc) is 3.07. The maximum atomic E-state index is 12.3. The van der Waals surface area contributed by atoms with Gasteiger partial charge in [0.1, 0.15) is 5.76 Å². The van der Waals surface area contributed by atoms with Crippen LogP contribution in [0.5, 0.6) is 0 Å². The first-order valence-electron chi connectivity index (χ1n) is 8.31. The largest absolute Gasteiger partial charge is 0.468 e. The zero-order chi connectivity index (χ0) is 16.1. The van der Waals surface area contributed by atoms with Crippen molar-refractivity contribution in [1.82, 2.24) is 10.2 Å². The Morgan fingerprint density at radius 1 is 1.22 bits per heavy atom. The lowest BCUT2D eigenvalue weighted by atomic mass is 9.96. The second-order valence-corrected chi connectivity index (χ2v) is 6.32. The number of furan rings is 1. The summed E-state index contributed by atoms with van der Waals surface area (Å²) in [5.74, 6) is 1.63. The van der Waals surface area contributed by atoms with Crippen LogP contribution in [0.1, 0.15) is 34.5 Å². The fourth-order valence-electron chi connectivity index (χ4n) is 3.13. The number of carbonyl (C=O) groups is 1. The number of likely N-dealkylation sites (tertiary alicyclic amines) is 1. The van der Waals surface area contributed by atoms with E-state index in [1.165, 1.54) is 0 Å². The Labute approximate surface area is 137 Å². The zero-order valence-electron chi connectivity index (χ0n) is 13.6. The molecule has 23 heavy (non-hydrogen) atoms. The number of hydrogen-bond acceptors (Lipinski definition) is 3. The summed E-state index contributed by atoms with van der Waals surface area (Å²) < 4.78 is 5.40. The normalized spacial score (nSPS) is 16.4. The van der Waals surface area contributed by atoms with Gasteiger partial charge < -0.3 is 9.73 Å². The number of nitrogens with one attached hydrogen (secondary N) is 1. The lowest BCUT2D eigenvalue weighted by molar-refractivity contribution is 0.0933. The van der Waals surface area contributed by atoms with E-state index in [1.54, 1.807) is 6.26 Å². The van der Waals surface area contributed by atoms with Crippen molar-refractivity contribution >= 4 is 5.91 Å². The van der Waals surface area contributed by atoms with E-state index in [0.29, 0.717) is 5.92 Å².